The lowest BCUT2D eigenvalue weighted by molar-refractivity contribution is 0.102. The second-order valence-corrected chi connectivity index (χ2v) is 4.91. The molecule has 2 aromatic rings. The molecule has 0 unspecified atom stereocenters. The predicted octanol–water partition coefficient (Wildman–Crippen LogP) is 3.57. The molecule has 0 bridgehead atoms. The summed E-state index contributed by atoms with van der Waals surface area (Å²) in [5.41, 5.74) is 0.164. The summed E-state index contributed by atoms with van der Waals surface area (Å²) < 4.78 is 39.5. The second-order valence-electron chi connectivity index (χ2n) is 4.91. The summed E-state index contributed by atoms with van der Waals surface area (Å²) in [6, 6.07) is 4.98. The van der Waals surface area contributed by atoms with Crippen molar-refractivity contribution < 1.29 is 18.0 Å². The van der Waals surface area contributed by atoms with Gasteiger partial charge >= 0.3 is 0 Å². The van der Waals surface area contributed by atoms with Crippen molar-refractivity contribution >= 4 is 17.4 Å². The minimum absolute atomic E-state index is 0.170. The molecule has 116 valence electrons. The number of hydrogen-bond donors (Lipinski definition) is 2. The minimum atomic E-state index is -1.68. The molecule has 1 amide bonds. The number of benzene rings is 1. The fourth-order valence-electron chi connectivity index (χ4n) is 1.77. The van der Waals surface area contributed by atoms with Crippen molar-refractivity contribution in [2.75, 3.05) is 10.6 Å². The number of anilines is 2. The molecule has 1 aromatic heterocycles. The molecular weight excluding hydrogens is 295 g/mol. The topological polar surface area (TPSA) is 54.0 Å². The number of nitrogens with zero attached hydrogens (tertiary/aromatic N) is 1. The molecule has 2 rings (SSSR count). The van der Waals surface area contributed by atoms with Crippen molar-refractivity contribution in [2.24, 2.45) is 0 Å². The molecule has 0 aliphatic heterocycles. The van der Waals surface area contributed by atoms with E-state index in [4.69, 9.17) is 0 Å². The van der Waals surface area contributed by atoms with Crippen LogP contribution >= 0.6 is 0 Å². The van der Waals surface area contributed by atoms with E-state index in [1.54, 1.807) is 6.07 Å². The van der Waals surface area contributed by atoms with E-state index in [0.717, 1.165) is 11.8 Å². The van der Waals surface area contributed by atoms with Crippen molar-refractivity contribution in [3.8, 4) is 0 Å². The summed E-state index contributed by atoms with van der Waals surface area (Å²) in [6.45, 7) is 3.92. The maximum Gasteiger partial charge on any atom is 0.259 e. The summed E-state index contributed by atoms with van der Waals surface area (Å²) in [4.78, 5) is 15.8. The van der Waals surface area contributed by atoms with E-state index < -0.39 is 28.9 Å². The molecular formula is C15H14F3N3O. The van der Waals surface area contributed by atoms with E-state index >= 15 is 0 Å². The second kappa shape index (κ2) is 6.46. The number of carbonyl (C=O) groups is 1. The zero-order valence-electron chi connectivity index (χ0n) is 12.0. The van der Waals surface area contributed by atoms with Gasteiger partial charge in [-0.2, -0.15) is 0 Å². The average molecular weight is 309 g/mol. The van der Waals surface area contributed by atoms with Crippen LogP contribution in [0.25, 0.3) is 0 Å². The summed E-state index contributed by atoms with van der Waals surface area (Å²) >= 11 is 0. The zero-order valence-corrected chi connectivity index (χ0v) is 12.0. The molecule has 0 spiro atoms. The largest absolute Gasteiger partial charge is 0.382 e. The molecule has 0 aliphatic rings. The van der Waals surface area contributed by atoms with Gasteiger partial charge in [0.1, 0.15) is 5.82 Å². The highest BCUT2D eigenvalue weighted by Gasteiger charge is 2.19. The van der Waals surface area contributed by atoms with Crippen LogP contribution in [0.15, 0.2) is 30.5 Å². The van der Waals surface area contributed by atoms with Gasteiger partial charge in [-0.05, 0) is 38.1 Å². The van der Waals surface area contributed by atoms with Gasteiger partial charge in [-0.15, -0.1) is 0 Å². The molecule has 0 radical (unpaired) electrons. The quantitative estimate of drug-likeness (QED) is 0.849. The van der Waals surface area contributed by atoms with Crippen LogP contribution in [-0.2, 0) is 0 Å². The Balaban J connectivity index is 2.14. The van der Waals surface area contributed by atoms with Crippen molar-refractivity contribution in [2.45, 2.75) is 19.9 Å². The lowest BCUT2D eigenvalue weighted by atomic mass is 10.2. The Kier molecular flexibility index (Phi) is 4.65. The van der Waals surface area contributed by atoms with Gasteiger partial charge in [0.25, 0.3) is 5.91 Å². The molecule has 0 atom stereocenters. The maximum absolute atomic E-state index is 13.5. The van der Waals surface area contributed by atoms with E-state index in [2.05, 4.69) is 15.6 Å². The highest BCUT2D eigenvalue weighted by Crippen LogP contribution is 2.17. The van der Waals surface area contributed by atoms with Gasteiger partial charge in [-0.25, -0.2) is 18.2 Å². The standard InChI is InChI=1S/C15H14F3N3O/c1-8(2)20-9-3-6-12(19-7-9)21-15(22)10-4-5-11(16)14(18)13(10)17/h3-8,20H,1-2H3,(H,19,21,22). The van der Waals surface area contributed by atoms with Crippen molar-refractivity contribution in [1.29, 1.82) is 0 Å². The van der Waals surface area contributed by atoms with Gasteiger partial charge in [0.05, 0.1) is 17.4 Å². The van der Waals surface area contributed by atoms with E-state index in [1.165, 1.54) is 12.3 Å². The Hall–Kier alpha value is -2.57. The summed E-state index contributed by atoms with van der Waals surface area (Å²) in [7, 11) is 0. The van der Waals surface area contributed by atoms with Crippen LogP contribution in [0.3, 0.4) is 0 Å². The van der Waals surface area contributed by atoms with Crippen LogP contribution in [0.2, 0.25) is 0 Å². The van der Waals surface area contributed by atoms with Crippen molar-refractivity contribution in [3.63, 3.8) is 0 Å². The summed E-state index contributed by atoms with van der Waals surface area (Å²) in [6.07, 6.45) is 1.50. The minimum Gasteiger partial charge on any atom is -0.382 e. The van der Waals surface area contributed by atoms with Crippen LogP contribution in [0, 0.1) is 17.5 Å². The molecule has 1 aromatic carbocycles. The monoisotopic (exact) mass is 309 g/mol. The first-order chi connectivity index (χ1) is 10.4. The molecule has 7 heteroatoms. The molecule has 22 heavy (non-hydrogen) atoms. The maximum atomic E-state index is 13.5. The van der Waals surface area contributed by atoms with Crippen LogP contribution in [0.5, 0.6) is 0 Å². The van der Waals surface area contributed by atoms with Gasteiger partial charge in [0, 0.05) is 6.04 Å². The molecule has 0 fully saturated rings. The normalized spacial score (nSPS) is 10.6. The predicted molar refractivity (Wildman–Crippen MR) is 77.3 cm³/mol. The number of hydrogen-bond acceptors (Lipinski definition) is 3. The zero-order chi connectivity index (χ0) is 16.3. The Morgan fingerprint density at radius 3 is 2.41 bits per heavy atom. The highest BCUT2D eigenvalue weighted by atomic mass is 19.2. The molecule has 1 heterocycles. The van der Waals surface area contributed by atoms with E-state index in [1.807, 2.05) is 13.8 Å². The Labute approximate surface area is 125 Å². The van der Waals surface area contributed by atoms with Crippen LogP contribution in [0.1, 0.15) is 24.2 Å². The Morgan fingerprint density at radius 2 is 1.82 bits per heavy atom. The SMILES string of the molecule is CC(C)Nc1ccc(NC(=O)c2ccc(F)c(F)c2F)nc1. The number of aromatic nitrogens is 1. The first-order valence-corrected chi connectivity index (χ1v) is 6.56. The third-order valence-corrected chi connectivity index (χ3v) is 2.74. The number of pyridine rings is 1. The molecule has 2 N–H and O–H groups in total. The van der Waals surface area contributed by atoms with Gasteiger partial charge in [0.2, 0.25) is 0 Å². The third kappa shape index (κ3) is 3.55. The van der Waals surface area contributed by atoms with Crippen LogP contribution < -0.4 is 10.6 Å². The molecule has 4 nitrogen and oxygen atoms in total. The van der Waals surface area contributed by atoms with Gasteiger partial charge in [-0.1, -0.05) is 0 Å². The van der Waals surface area contributed by atoms with Crippen molar-refractivity contribution in [3.05, 3.63) is 53.5 Å². The van der Waals surface area contributed by atoms with Crippen LogP contribution in [0.4, 0.5) is 24.7 Å². The third-order valence-electron chi connectivity index (χ3n) is 2.74. The lowest BCUT2D eigenvalue weighted by Gasteiger charge is -2.10. The van der Waals surface area contributed by atoms with E-state index in [9.17, 15) is 18.0 Å². The van der Waals surface area contributed by atoms with Crippen molar-refractivity contribution in [1.82, 2.24) is 4.98 Å². The number of rotatable bonds is 4. The highest BCUT2D eigenvalue weighted by molar-refractivity contribution is 6.04. The first-order valence-electron chi connectivity index (χ1n) is 6.56. The Bertz CT molecular complexity index is 687. The number of halogens is 3. The summed E-state index contributed by atoms with van der Waals surface area (Å²) in [5, 5.41) is 5.43. The molecule has 0 aliphatic carbocycles. The van der Waals surface area contributed by atoms with Gasteiger partial charge in [-0.3, -0.25) is 4.79 Å². The fourth-order valence-corrected chi connectivity index (χ4v) is 1.77. The van der Waals surface area contributed by atoms with E-state index in [0.29, 0.717) is 6.07 Å². The first kappa shape index (κ1) is 15.8. The average Bonchev–Trinajstić information content (AvgIpc) is 2.46. The smallest absolute Gasteiger partial charge is 0.259 e. The fraction of sp³-hybridized carbons (Fsp3) is 0.200. The van der Waals surface area contributed by atoms with Gasteiger partial charge in [0.15, 0.2) is 17.5 Å². The number of carbonyl (C=O) groups excluding carboxylic acids is 1. The van der Waals surface area contributed by atoms with Gasteiger partial charge < -0.3 is 10.6 Å². The summed E-state index contributed by atoms with van der Waals surface area (Å²) in [5.74, 6) is -5.30. The lowest BCUT2D eigenvalue weighted by Crippen LogP contribution is -2.16. The van der Waals surface area contributed by atoms with E-state index in [-0.39, 0.29) is 11.9 Å². The molecule has 0 saturated heterocycles. The molecule has 0 saturated carbocycles. The van der Waals surface area contributed by atoms with Crippen LogP contribution in [-0.4, -0.2) is 16.9 Å². The number of amides is 1. The number of nitrogens with one attached hydrogen (secondary N) is 2. The Morgan fingerprint density at radius 1 is 1.09 bits per heavy atom.